The summed E-state index contributed by atoms with van der Waals surface area (Å²) in [6, 6.07) is 15.2. The predicted molar refractivity (Wildman–Crippen MR) is 134 cm³/mol. The van der Waals surface area contributed by atoms with E-state index in [0.29, 0.717) is 21.9 Å². The third-order valence-corrected chi connectivity index (χ3v) is 6.68. The highest BCUT2D eigenvalue weighted by atomic mass is 32.1. The summed E-state index contributed by atoms with van der Waals surface area (Å²) in [5.41, 5.74) is 5.04. The lowest BCUT2D eigenvalue weighted by Crippen LogP contribution is -2.15. The average Bonchev–Trinajstić information content (AvgIpc) is 3.57. The smallest absolute Gasteiger partial charge is 0.341 e. The first-order valence-electron chi connectivity index (χ1n) is 11.4. The van der Waals surface area contributed by atoms with Gasteiger partial charge in [-0.15, -0.1) is 11.3 Å². The van der Waals surface area contributed by atoms with Gasteiger partial charge in [0.15, 0.2) is 11.5 Å². The van der Waals surface area contributed by atoms with Gasteiger partial charge in [-0.2, -0.15) is 0 Å². The summed E-state index contributed by atoms with van der Waals surface area (Å²) in [4.78, 5) is 25.8. The lowest BCUT2D eigenvalue weighted by Gasteiger charge is -2.08. The molecule has 8 heteroatoms. The Balaban J connectivity index is 1.40. The number of fused-ring (bicyclic) bond motifs is 1. The van der Waals surface area contributed by atoms with Crippen LogP contribution in [0.5, 0.6) is 5.75 Å². The van der Waals surface area contributed by atoms with Crippen molar-refractivity contribution in [3.63, 3.8) is 0 Å². The van der Waals surface area contributed by atoms with Crippen LogP contribution in [0.15, 0.2) is 58.4 Å². The predicted octanol–water partition coefficient (Wildman–Crippen LogP) is 6.13. The van der Waals surface area contributed by atoms with Gasteiger partial charge < -0.3 is 19.3 Å². The highest BCUT2D eigenvalue weighted by Crippen LogP contribution is 2.37. The first-order valence-corrected chi connectivity index (χ1v) is 12.2. The molecule has 0 aliphatic carbocycles. The zero-order chi connectivity index (χ0) is 24.5. The fourth-order valence-electron chi connectivity index (χ4n) is 4.06. The van der Waals surface area contributed by atoms with E-state index in [9.17, 15) is 9.59 Å². The van der Waals surface area contributed by atoms with Crippen molar-refractivity contribution in [2.45, 2.75) is 33.3 Å². The number of nitrogens with zero attached hydrogens (tertiary/aromatic N) is 1. The van der Waals surface area contributed by atoms with Crippen molar-refractivity contribution in [2.24, 2.45) is 0 Å². The van der Waals surface area contributed by atoms with Crippen LogP contribution in [0.2, 0.25) is 0 Å². The van der Waals surface area contributed by atoms with E-state index in [1.54, 1.807) is 13.0 Å². The SMILES string of the molecule is CCOC(=O)c1c(-c2ccc(C)cc2)csc1NC(=O)c1cc(-c2ccc3c(c2)CC(C)O3)on1. The van der Waals surface area contributed by atoms with Crippen LogP contribution in [0.4, 0.5) is 5.00 Å². The molecule has 0 fully saturated rings. The molecule has 178 valence electrons. The molecule has 2 aromatic heterocycles. The van der Waals surface area contributed by atoms with Crippen LogP contribution in [0.3, 0.4) is 0 Å². The maximum Gasteiger partial charge on any atom is 0.341 e. The summed E-state index contributed by atoms with van der Waals surface area (Å²) in [6.45, 7) is 6.00. The second kappa shape index (κ2) is 9.38. The summed E-state index contributed by atoms with van der Waals surface area (Å²) in [7, 11) is 0. The van der Waals surface area contributed by atoms with Crippen molar-refractivity contribution in [3.8, 4) is 28.2 Å². The number of thiophene rings is 1. The van der Waals surface area contributed by atoms with E-state index in [1.165, 1.54) is 11.3 Å². The number of hydrogen-bond acceptors (Lipinski definition) is 7. The number of nitrogens with one attached hydrogen (secondary N) is 1. The number of hydrogen-bond donors (Lipinski definition) is 1. The monoisotopic (exact) mass is 488 g/mol. The molecule has 0 saturated heterocycles. The third-order valence-electron chi connectivity index (χ3n) is 5.78. The molecule has 1 amide bonds. The molecule has 1 N–H and O–H groups in total. The van der Waals surface area contributed by atoms with Gasteiger partial charge in [-0.1, -0.05) is 35.0 Å². The molecular formula is C27H24N2O5S. The second-order valence-electron chi connectivity index (χ2n) is 8.43. The Kier molecular flexibility index (Phi) is 6.13. The molecule has 0 saturated carbocycles. The zero-order valence-electron chi connectivity index (χ0n) is 19.6. The molecule has 4 aromatic rings. The maximum atomic E-state index is 13.0. The van der Waals surface area contributed by atoms with Gasteiger partial charge in [0.25, 0.3) is 5.91 Å². The first kappa shape index (κ1) is 22.9. The Labute approximate surface area is 206 Å². The molecule has 0 spiro atoms. The molecule has 3 heterocycles. The van der Waals surface area contributed by atoms with E-state index in [0.717, 1.165) is 34.4 Å². The molecule has 1 aliphatic heterocycles. The fraction of sp³-hybridized carbons (Fsp3) is 0.222. The molecule has 0 radical (unpaired) electrons. The Morgan fingerprint density at radius 2 is 1.91 bits per heavy atom. The van der Waals surface area contributed by atoms with Crippen LogP contribution in [0, 0.1) is 6.92 Å². The minimum Gasteiger partial charge on any atom is -0.490 e. The minimum absolute atomic E-state index is 0.116. The third kappa shape index (κ3) is 4.57. The van der Waals surface area contributed by atoms with E-state index in [4.69, 9.17) is 14.0 Å². The lowest BCUT2D eigenvalue weighted by atomic mass is 10.0. The summed E-state index contributed by atoms with van der Waals surface area (Å²) in [5.74, 6) is 0.387. The Hall–Kier alpha value is -3.91. The van der Waals surface area contributed by atoms with Gasteiger partial charge in [0.05, 0.1) is 6.61 Å². The highest BCUT2D eigenvalue weighted by molar-refractivity contribution is 7.15. The van der Waals surface area contributed by atoms with Gasteiger partial charge in [-0.3, -0.25) is 4.79 Å². The number of aromatic nitrogens is 1. The van der Waals surface area contributed by atoms with Crippen LogP contribution in [-0.2, 0) is 11.2 Å². The number of rotatable bonds is 6. The quantitative estimate of drug-likeness (QED) is 0.328. The number of carbonyl (C=O) groups is 2. The van der Waals surface area contributed by atoms with Crippen molar-refractivity contribution >= 4 is 28.2 Å². The Morgan fingerprint density at radius 3 is 2.69 bits per heavy atom. The number of carbonyl (C=O) groups excluding carboxylic acids is 2. The molecule has 1 aliphatic rings. The number of amides is 1. The van der Waals surface area contributed by atoms with Gasteiger partial charge in [0.2, 0.25) is 0 Å². The zero-order valence-corrected chi connectivity index (χ0v) is 20.4. The number of benzene rings is 2. The van der Waals surface area contributed by atoms with Crippen LogP contribution in [0.25, 0.3) is 22.5 Å². The molecule has 1 unspecified atom stereocenters. The molecule has 7 nitrogen and oxygen atoms in total. The first-order chi connectivity index (χ1) is 16.9. The largest absolute Gasteiger partial charge is 0.490 e. The van der Waals surface area contributed by atoms with Crippen molar-refractivity contribution in [3.05, 3.63) is 76.3 Å². The van der Waals surface area contributed by atoms with Gasteiger partial charge in [0.1, 0.15) is 22.4 Å². The number of aryl methyl sites for hydroxylation is 1. The molecule has 1 atom stereocenters. The van der Waals surface area contributed by atoms with Crippen LogP contribution >= 0.6 is 11.3 Å². The maximum absolute atomic E-state index is 13.0. The van der Waals surface area contributed by atoms with E-state index in [2.05, 4.69) is 10.5 Å². The van der Waals surface area contributed by atoms with Crippen LogP contribution in [0.1, 0.15) is 45.8 Å². The Bertz CT molecular complexity index is 1400. The molecule has 2 aromatic carbocycles. The van der Waals surface area contributed by atoms with E-state index in [-0.39, 0.29) is 18.4 Å². The standard InChI is InChI=1S/C27H24N2O5S/c1-4-32-27(31)24-20(17-7-5-15(2)6-8-17)14-35-26(24)28-25(30)21-13-23(34-29-21)18-9-10-22-19(12-18)11-16(3)33-22/h5-10,12-14,16H,4,11H2,1-3H3,(H,28,30). The van der Waals surface area contributed by atoms with Crippen molar-refractivity contribution in [1.29, 1.82) is 0 Å². The summed E-state index contributed by atoms with van der Waals surface area (Å²) < 4.78 is 16.5. The van der Waals surface area contributed by atoms with E-state index >= 15 is 0 Å². The summed E-state index contributed by atoms with van der Waals surface area (Å²) in [6.07, 6.45) is 0.962. The topological polar surface area (TPSA) is 90.7 Å². The van der Waals surface area contributed by atoms with Crippen molar-refractivity contribution in [2.75, 3.05) is 11.9 Å². The second-order valence-corrected chi connectivity index (χ2v) is 9.31. The van der Waals surface area contributed by atoms with Crippen LogP contribution in [-0.4, -0.2) is 29.7 Å². The number of ether oxygens (including phenoxy) is 2. The average molecular weight is 489 g/mol. The van der Waals surface area contributed by atoms with Crippen molar-refractivity contribution < 1.29 is 23.6 Å². The molecule has 5 rings (SSSR count). The summed E-state index contributed by atoms with van der Waals surface area (Å²) in [5, 5.41) is 9.01. The Morgan fingerprint density at radius 1 is 1.14 bits per heavy atom. The van der Waals surface area contributed by atoms with Gasteiger partial charge in [-0.25, -0.2) is 4.79 Å². The molecule has 35 heavy (non-hydrogen) atoms. The normalized spacial score (nSPS) is 14.3. The van der Waals surface area contributed by atoms with Gasteiger partial charge in [-0.05, 0) is 50.1 Å². The number of esters is 1. The fourth-order valence-corrected chi connectivity index (χ4v) is 5.01. The minimum atomic E-state index is -0.491. The summed E-state index contributed by atoms with van der Waals surface area (Å²) >= 11 is 1.26. The highest BCUT2D eigenvalue weighted by Gasteiger charge is 2.25. The van der Waals surface area contributed by atoms with Gasteiger partial charge >= 0.3 is 5.97 Å². The van der Waals surface area contributed by atoms with E-state index < -0.39 is 11.9 Å². The van der Waals surface area contributed by atoms with Crippen LogP contribution < -0.4 is 10.1 Å². The van der Waals surface area contributed by atoms with Crippen molar-refractivity contribution in [1.82, 2.24) is 5.16 Å². The molecular weight excluding hydrogens is 464 g/mol. The number of anilines is 1. The molecule has 0 bridgehead atoms. The van der Waals surface area contributed by atoms with Gasteiger partial charge in [0, 0.05) is 29.0 Å². The van der Waals surface area contributed by atoms with E-state index in [1.807, 2.05) is 61.7 Å². The lowest BCUT2D eigenvalue weighted by molar-refractivity contribution is 0.0529.